The molecule has 0 fully saturated rings. The van der Waals surface area contributed by atoms with Gasteiger partial charge in [0.15, 0.2) is 0 Å². The fourth-order valence-corrected chi connectivity index (χ4v) is 2.28. The summed E-state index contributed by atoms with van der Waals surface area (Å²) in [4.78, 5) is 0. The van der Waals surface area contributed by atoms with Gasteiger partial charge < -0.3 is 15.2 Å². The van der Waals surface area contributed by atoms with Gasteiger partial charge in [-0.2, -0.15) is 0 Å². The lowest BCUT2D eigenvalue weighted by Gasteiger charge is -2.18. The molecule has 0 amide bonds. The van der Waals surface area contributed by atoms with Gasteiger partial charge in [0.1, 0.15) is 0 Å². The number of hydrogen-bond donors (Lipinski definition) is 2. The standard InChI is InChI=1S/C17H28ClNO2/c1-13(2)6-5-9-21-12-17(20)11-19-14(3)15-7-4-8-16(18)10-15/h4,7-8,10,13-14,17,19-20H,5-6,9,11-12H2,1-3H3/t14-,17?/m0/s1. The molecular weight excluding hydrogens is 286 g/mol. The van der Waals surface area contributed by atoms with Gasteiger partial charge in [-0.25, -0.2) is 0 Å². The van der Waals surface area contributed by atoms with Gasteiger partial charge in [0.05, 0.1) is 12.7 Å². The molecule has 0 aromatic heterocycles. The Labute approximate surface area is 133 Å². The summed E-state index contributed by atoms with van der Waals surface area (Å²) in [6.07, 6.45) is 1.74. The number of nitrogens with one attached hydrogen (secondary N) is 1. The summed E-state index contributed by atoms with van der Waals surface area (Å²) in [5.41, 5.74) is 1.12. The maximum absolute atomic E-state index is 9.89. The van der Waals surface area contributed by atoms with Crippen molar-refractivity contribution < 1.29 is 9.84 Å². The lowest BCUT2D eigenvalue weighted by molar-refractivity contribution is 0.0337. The first-order chi connectivity index (χ1) is 9.99. The minimum Gasteiger partial charge on any atom is -0.389 e. The van der Waals surface area contributed by atoms with E-state index in [1.54, 1.807) is 0 Å². The number of ether oxygens (including phenoxy) is 1. The van der Waals surface area contributed by atoms with Crippen LogP contribution < -0.4 is 5.32 Å². The lowest BCUT2D eigenvalue weighted by Crippen LogP contribution is -2.32. The van der Waals surface area contributed by atoms with Crippen molar-refractivity contribution in [3.63, 3.8) is 0 Å². The molecule has 1 aromatic carbocycles. The average molecular weight is 314 g/mol. The summed E-state index contributed by atoms with van der Waals surface area (Å²) in [7, 11) is 0. The van der Waals surface area contributed by atoms with Crippen LogP contribution in [0.2, 0.25) is 5.02 Å². The Balaban J connectivity index is 2.16. The van der Waals surface area contributed by atoms with E-state index in [2.05, 4.69) is 26.1 Å². The van der Waals surface area contributed by atoms with Gasteiger partial charge in [-0.1, -0.05) is 37.6 Å². The van der Waals surface area contributed by atoms with Crippen LogP contribution in [-0.2, 0) is 4.74 Å². The topological polar surface area (TPSA) is 41.5 Å². The monoisotopic (exact) mass is 313 g/mol. The molecule has 1 aromatic rings. The summed E-state index contributed by atoms with van der Waals surface area (Å²) in [6, 6.07) is 7.91. The number of halogens is 1. The first kappa shape index (κ1) is 18.4. The Kier molecular flexibility index (Phi) is 8.93. The highest BCUT2D eigenvalue weighted by molar-refractivity contribution is 6.30. The summed E-state index contributed by atoms with van der Waals surface area (Å²) in [5, 5.41) is 13.9. The smallest absolute Gasteiger partial charge is 0.0897 e. The van der Waals surface area contributed by atoms with Crippen molar-refractivity contribution in [2.24, 2.45) is 5.92 Å². The first-order valence-electron chi connectivity index (χ1n) is 7.73. The van der Waals surface area contributed by atoms with E-state index in [0.717, 1.165) is 23.6 Å². The molecule has 21 heavy (non-hydrogen) atoms. The zero-order valence-electron chi connectivity index (χ0n) is 13.3. The summed E-state index contributed by atoms with van der Waals surface area (Å²) in [5.74, 6) is 0.707. The highest BCUT2D eigenvalue weighted by Gasteiger charge is 2.09. The van der Waals surface area contributed by atoms with E-state index in [-0.39, 0.29) is 6.04 Å². The lowest BCUT2D eigenvalue weighted by atomic mass is 10.1. The number of benzene rings is 1. The molecule has 120 valence electrons. The van der Waals surface area contributed by atoms with Crippen molar-refractivity contribution in [1.29, 1.82) is 0 Å². The Morgan fingerprint density at radius 1 is 1.29 bits per heavy atom. The highest BCUT2D eigenvalue weighted by atomic mass is 35.5. The van der Waals surface area contributed by atoms with Crippen LogP contribution in [0.3, 0.4) is 0 Å². The molecule has 1 rings (SSSR count). The normalized spacial score (nSPS) is 14.4. The van der Waals surface area contributed by atoms with Crippen molar-refractivity contribution in [3.8, 4) is 0 Å². The van der Waals surface area contributed by atoms with Crippen molar-refractivity contribution in [2.75, 3.05) is 19.8 Å². The van der Waals surface area contributed by atoms with Gasteiger partial charge in [0, 0.05) is 24.2 Å². The highest BCUT2D eigenvalue weighted by Crippen LogP contribution is 2.17. The molecule has 0 radical (unpaired) electrons. The van der Waals surface area contributed by atoms with Crippen molar-refractivity contribution in [2.45, 2.75) is 45.8 Å². The van der Waals surface area contributed by atoms with E-state index in [0.29, 0.717) is 19.1 Å². The Morgan fingerprint density at radius 3 is 2.71 bits per heavy atom. The van der Waals surface area contributed by atoms with E-state index < -0.39 is 6.10 Å². The molecule has 0 saturated carbocycles. The van der Waals surface area contributed by atoms with Crippen LogP contribution in [0, 0.1) is 5.92 Å². The molecule has 4 heteroatoms. The van der Waals surface area contributed by atoms with Gasteiger partial charge in [0.25, 0.3) is 0 Å². The number of aliphatic hydroxyl groups is 1. The van der Waals surface area contributed by atoms with Crippen LogP contribution in [0.15, 0.2) is 24.3 Å². The molecule has 0 aliphatic rings. The van der Waals surface area contributed by atoms with Crippen LogP contribution in [0.4, 0.5) is 0 Å². The second-order valence-electron chi connectivity index (χ2n) is 5.95. The third kappa shape index (κ3) is 8.42. The Hall–Kier alpha value is -0.610. The van der Waals surface area contributed by atoms with Crippen LogP contribution in [0.5, 0.6) is 0 Å². The van der Waals surface area contributed by atoms with Gasteiger partial charge >= 0.3 is 0 Å². The molecule has 0 aliphatic carbocycles. The second kappa shape index (κ2) is 10.2. The predicted octanol–water partition coefficient (Wildman–Crippen LogP) is 3.80. The molecule has 2 atom stereocenters. The predicted molar refractivity (Wildman–Crippen MR) is 88.8 cm³/mol. The van der Waals surface area contributed by atoms with Crippen LogP contribution in [-0.4, -0.2) is 31.0 Å². The molecule has 3 nitrogen and oxygen atoms in total. The number of hydrogen-bond acceptors (Lipinski definition) is 3. The molecule has 2 N–H and O–H groups in total. The van der Waals surface area contributed by atoms with E-state index in [4.69, 9.17) is 16.3 Å². The third-order valence-electron chi connectivity index (χ3n) is 3.39. The van der Waals surface area contributed by atoms with Crippen molar-refractivity contribution in [3.05, 3.63) is 34.9 Å². The molecule has 1 unspecified atom stereocenters. The van der Waals surface area contributed by atoms with E-state index >= 15 is 0 Å². The zero-order chi connectivity index (χ0) is 15.7. The molecule has 0 spiro atoms. The second-order valence-corrected chi connectivity index (χ2v) is 6.39. The summed E-state index contributed by atoms with van der Waals surface area (Å²) in [6.45, 7) is 8.08. The van der Waals surface area contributed by atoms with E-state index in [9.17, 15) is 5.11 Å². The fourth-order valence-electron chi connectivity index (χ4n) is 2.08. The maximum atomic E-state index is 9.89. The van der Waals surface area contributed by atoms with Gasteiger partial charge in [-0.3, -0.25) is 0 Å². The summed E-state index contributed by atoms with van der Waals surface area (Å²) < 4.78 is 5.49. The number of aliphatic hydroxyl groups excluding tert-OH is 1. The Bertz CT molecular complexity index is 398. The van der Waals surface area contributed by atoms with E-state index in [1.165, 1.54) is 6.42 Å². The van der Waals surface area contributed by atoms with Crippen molar-refractivity contribution >= 4 is 11.6 Å². The molecule has 0 aliphatic heterocycles. The minimum absolute atomic E-state index is 0.152. The van der Waals surface area contributed by atoms with Gasteiger partial charge in [-0.15, -0.1) is 0 Å². The van der Waals surface area contributed by atoms with Gasteiger partial charge in [0.2, 0.25) is 0 Å². The van der Waals surface area contributed by atoms with Crippen molar-refractivity contribution in [1.82, 2.24) is 5.32 Å². The quantitative estimate of drug-likeness (QED) is 0.645. The Morgan fingerprint density at radius 2 is 2.05 bits per heavy atom. The first-order valence-corrected chi connectivity index (χ1v) is 8.11. The molecule has 0 bridgehead atoms. The zero-order valence-corrected chi connectivity index (χ0v) is 14.1. The SMILES string of the molecule is CC(C)CCCOCC(O)CN[C@@H](C)c1cccc(Cl)c1. The number of rotatable bonds is 10. The van der Waals surface area contributed by atoms with Crippen LogP contribution in [0.25, 0.3) is 0 Å². The fraction of sp³-hybridized carbons (Fsp3) is 0.647. The van der Waals surface area contributed by atoms with Crippen LogP contribution in [0.1, 0.15) is 45.2 Å². The molecule has 0 heterocycles. The average Bonchev–Trinajstić information content (AvgIpc) is 2.44. The van der Waals surface area contributed by atoms with Gasteiger partial charge in [-0.05, 0) is 43.4 Å². The molecular formula is C17H28ClNO2. The minimum atomic E-state index is -0.481. The molecule has 0 saturated heterocycles. The third-order valence-corrected chi connectivity index (χ3v) is 3.62. The van der Waals surface area contributed by atoms with E-state index in [1.807, 2.05) is 24.3 Å². The summed E-state index contributed by atoms with van der Waals surface area (Å²) >= 11 is 5.97. The maximum Gasteiger partial charge on any atom is 0.0897 e. The van der Waals surface area contributed by atoms with Crippen LogP contribution >= 0.6 is 11.6 Å². The largest absolute Gasteiger partial charge is 0.389 e.